The minimum absolute atomic E-state index is 0.0335. The van der Waals surface area contributed by atoms with Crippen LogP contribution in [0.15, 0.2) is 46.9 Å². The number of oxazole rings is 1. The summed E-state index contributed by atoms with van der Waals surface area (Å²) in [4.78, 5) is 19.3. The summed E-state index contributed by atoms with van der Waals surface area (Å²) in [5.41, 5.74) is 2.38. The number of rotatable bonds is 3. The van der Waals surface area contributed by atoms with E-state index in [0.29, 0.717) is 25.0 Å². The van der Waals surface area contributed by atoms with E-state index >= 15 is 0 Å². The Morgan fingerprint density at radius 1 is 1.04 bits per heavy atom. The van der Waals surface area contributed by atoms with Gasteiger partial charge in [-0.25, -0.2) is 0 Å². The molecule has 0 unspecified atom stereocenters. The second-order valence-electron chi connectivity index (χ2n) is 7.07. The number of ether oxygens (including phenoxy) is 2. The molecule has 0 aliphatic carbocycles. The van der Waals surface area contributed by atoms with Crippen molar-refractivity contribution in [1.29, 1.82) is 0 Å². The zero-order chi connectivity index (χ0) is 18.9. The Morgan fingerprint density at radius 2 is 1.82 bits per heavy atom. The third-order valence-corrected chi connectivity index (χ3v) is 5.23. The van der Waals surface area contributed by atoms with Crippen LogP contribution in [0.1, 0.15) is 12.8 Å². The molecule has 1 saturated heterocycles. The highest BCUT2D eigenvalue weighted by Crippen LogP contribution is 2.33. The lowest BCUT2D eigenvalue weighted by molar-refractivity contribution is -0.120. The molecule has 3 aromatic rings. The highest BCUT2D eigenvalue weighted by Gasteiger charge is 2.27. The summed E-state index contributed by atoms with van der Waals surface area (Å²) in [5, 5.41) is 3.01. The molecular formula is C21H21N3O4. The van der Waals surface area contributed by atoms with Crippen LogP contribution in [0.3, 0.4) is 0 Å². The van der Waals surface area contributed by atoms with Gasteiger partial charge >= 0.3 is 0 Å². The Labute approximate surface area is 162 Å². The standard InChI is InChI=1S/C21H21N3O4/c25-20(22-15-5-6-18-19(13-15)27-12-11-26-18)14-7-9-24(10-8-14)21-23-16-3-1-2-4-17(16)28-21/h1-6,13-14H,7-12H2,(H,22,25). The van der Waals surface area contributed by atoms with Crippen LogP contribution in [-0.2, 0) is 4.79 Å². The predicted octanol–water partition coefficient (Wildman–Crippen LogP) is 3.45. The summed E-state index contributed by atoms with van der Waals surface area (Å²) in [6.07, 6.45) is 1.52. The van der Waals surface area contributed by atoms with E-state index < -0.39 is 0 Å². The molecule has 0 spiro atoms. The summed E-state index contributed by atoms with van der Waals surface area (Å²) in [6.45, 7) is 2.56. The van der Waals surface area contributed by atoms with E-state index in [1.54, 1.807) is 0 Å². The lowest BCUT2D eigenvalue weighted by Crippen LogP contribution is -2.38. The molecule has 1 amide bonds. The van der Waals surface area contributed by atoms with Crippen molar-refractivity contribution < 1.29 is 18.7 Å². The van der Waals surface area contributed by atoms with Crippen LogP contribution in [0.5, 0.6) is 11.5 Å². The van der Waals surface area contributed by atoms with E-state index in [1.807, 2.05) is 42.5 Å². The number of para-hydroxylation sites is 2. The first kappa shape index (κ1) is 16.9. The van der Waals surface area contributed by atoms with E-state index in [1.165, 1.54) is 0 Å². The van der Waals surface area contributed by atoms with Crippen LogP contribution < -0.4 is 19.7 Å². The van der Waals surface area contributed by atoms with Crippen LogP contribution in [0.4, 0.5) is 11.7 Å². The van der Waals surface area contributed by atoms with Crippen molar-refractivity contribution in [1.82, 2.24) is 4.98 Å². The summed E-state index contributed by atoms with van der Waals surface area (Å²) in [7, 11) is 0. The molecule has 1 aromatic heterocycles. The van der Waals surface area contributed by atoms with Crippen molar-refractivity contribution in [3.05, 3.63) is 42.5 Å². The molecule has 0 bridgehead atoms. The van der Waals surface area contributed by atoms with Gasteiger partial charge in [0.1, 0.15) is 18.7 Å². The highest BCUT2D eigenvalue weighted by atomic mass is 16.6. The van der Waals surface area contributed by atoms with Crippen molar-refractivity contribution in [2.45, 2.75) is 12.8 Å². The SMILES string of the molecule is O=C(Nc1ccc2c(c1)OCCO2)C1CCN(c2nc3ccccc3o2)CC1. The molecule has 28 heavy (non-hydrogen) atoms. The number of carbonyl (C=O) groups is 1. The lowest BCUT2D eigenvalue weighted by atomic mass is 9.96. The monoisotopic (exact) mass is 379 g/mol. The van der Waals surface area contributed by atoms with Gasteiger partial charge in [-0.15, -0.1) is 0 Å². The van der Waals surface area contributed by atoms with Crippen LogP contribution in [0.25, 0.3) is 11.1 Å². The van der Waals surface area contributed by atoms with Gasteiger partial charge in [0.05, 0.1) is 0 Å². The number of aromatic nitrogens is 1. The second-order valence-corrected chi connectivity index (χ2v) is 7.07. The van der Waals surface area contributed by atoms with E-state index in [0.717, 1.165) is 48.5 Å². The smallest absolute Gasteiger partial charge is 0.298 e. The number of amides is 1. The molecule has 1 fully saturated rings. The van der Waals surface area contributed by atoms with Crippen molar-refractivity contribution in [3.63, 3.8) is 0 Å². The van der Waals surface area contributed by atoms with Gasteiger partial charge in [-0.3, -0.25) is 4.79 Å². The van der Waals surface area contributed by atoms with Crippen molar-refractivity contribution >= 4 is 28.7 Å². The first-order valence-electron chi connectivity index (χ1n) is 9.57. The zero-order valence-electron chi connectivity index (χ0n) is 15.4. The average molecular weight is 379 g/mol. The van der Waals surface area contributed by atoms with Gasteiger partial charge in [0.15, 0.2) is 17.1 Å². The molecular weight excluding hydrogens is 358 g/mol. The van der Waals surface area contributed by atoms with Gasteiger partial charge in [0, 0.05) is 30.8 Å². The van der Waals surface area contributed by atoms with Gasteiger partial charge in [-0.2, -0.15) is 4.98 Å². The Kier molecular flexibility index (Phi) is 4.27. The maximum absolute atomic E-state index is 12.7. The molecule has 144 valence electrons. The van der Waals surface area contributed by atoms with Crippen molar-refractivity contribution in [3.8, 4) is 11.5 Å². The number of carbonyl (C=O) groups excluding carboxylic acids is 1. The molecule has 0 saturated carbocycles. The maximum atomic E-state index is 12.7. The fraction of sp³-hybridized carbons (Fsp3) is 0.333. The Bertz CT molecular complexity index is 975. The van der Waals surface area contributed by atoms with Crippen LogP contribution in [0.2, 0.25) is 0 Å². The number of nitrogens with one attached hydrogen (secondary N) is 1. The molecule has 0 atom stereocenters. The first-order valence-corrected chi connectivity index (χ1v) is 9.57. The number of anilines is 2. The average Bonchev–Trinajstić information content (AvgIpc) is 3.18. The third-order valence-electron chi connectivity index (χ3n) is 5.23. The van der Waals surface area contributed by atoms with Crippen LogP contribution in [0, 0.1) is 5.92 Å². The number of hydrogen-bond donors (Lipinski definition) is 1. The topological polar surface area (TPSA) is 76.8 Å². The van der Waals surface area contributed by atoms with E-state index in [4.69, 9.17) is 13.9 Å². The van der Waals surface area contributed by atoms with Crippen molar-refractivity contribution in [2.24, 2.45) is 5.92 Å². The number of nitrogens with zero attached hydrogens (tertiary/aromatic N) is 2. The zero-order valence-corrected chi connectivity index (χ0v) is 15.4. The molecule has 2 aliphatic rings. The Hall–Kier alpha value is -3.22. The third kappa shape index (κ3) is 3.24. The second kappa shape index (κ2) is 7.07. The van der Waals surface area contributed by atoms with Gasteiger partial charge in [-0.1, -0.05) is 12.1 Å². The van der Waals surface area contributed by atoms with E-state index in [-0.39, 0.29) is 11.8 Å². The summed E-state index contributed by atoms with van der Waals surface area (Å²) >= 11 is 0. The van der Waals surface area contributed by atoms with Crippen molar-refractivity contribution in [2.75, 3.05) is 36.5 Å². The molecule has 1 N–H and O–H groups in total. The van der Waals surface area contributed by atoms with E-state index in [9.17, 15) is 4.79 Å². The quantitative estimate of drug-likeness (QED) is 0.751. The molecule has 7 nitrogen and oxygen atoms in total. The number of piperidine rings is 1. The van der Waals surface area contributed by atoms with Gasteiger partial charge < -0.3 is 24.1 Å². The fourth-order valence-electron chi connectivity index (χ4n) is 3.69. The minimum atomic E-state index is -0.0335. The number of fused-ring (bicyclic) bond motifs is 2. The number of hydrogen-bond acceptors (Lipinski definition) is 6. The molecule has 0 radical (unpaired) electrons. The molecule has 2 aliphatic heterocycles. The molecule has 2 aromatic carbocycles. The van der Waals surface area contributed by atoms with Gasteiger partial charge in [0.2, 0.25) is 5.91 Å². The summed E-state index contributed by atoms with van der Waals surface area (Å²) in [5.74, 6) is 1.40. The molecule has 5 rings (SSSR count). The molecule has 7 heteroatoms. The van der Waals surface area contributed by atoms with Gasteiger partial charge in [0.25, 0.3) is 6.01 Å². The Morgan fingerprint density at radius 3 is 2.64 bits per heavy atom. The van der Waals surface area contributed by atoms with E-state index in [2.05, 4.69) is 15.2 Å². The molecule has 3 heterocycles. The summed E-state index contributed by atoms with van der Waals surface area (Å²) in [6, 6.07) is 13.9. The normalized spacial score (nSPS) is 16.9. The lowest BCUT2D eigenvalue weighted by Gasteiger charge is -2.30. The predicted molar refractivity (Wildman–Crippen MR) is 105 cm³/mol. The maximum Gasteiger partial charge on any atom is 0.298 e. The largest absolute Gasteiger partial charge is 0.486 e. The minimum Gasteiger partial charge on any atom is -0.486 e. The highest BCUT2D eigenvalue weighted by molar-refractivity contribution is 5.93. The summed E-state index contributed by atoms with van der Waals surface area (Å²) < 4.78 is 16.9. The Balaban J connectivity index is 1.21. The van der Waals surface area contributed by atoms with Gasteiger partial charge in [-0.05, 0) is 37.1 Å². The van der Waals surface area contributed by atoms with Crippen LogP contribution >= 0.6 is 0 Å². The fourth-order valence-corrected chi connectivity index (χ4v) is 3.69. The van der Waals surface area contributed by atoms with Crippen LogP contribution in [-0.4, -0.2) is 37.2 Å². The number of benzene rings is 2. The first-order chi connectivity index (χ1) is 13.8.